The van der Waals surface area contributed by atoms with E-state index in [1.807, 2.05) is 12.1 Å². The van der Waals surface area contributed by atoms with E-state index in [0.29, 0.717) is 11.3 Å². The van der Waals surface area contributed by atoms with Crippen LogP contribution in [0.1, 0.15) is 24.9 Å². The number of fused-ring (bicyclic) bond motifs is 4. The Kier molecular flexibility index (Phi) is 8.42. The van der Waals surface area contributed by atoms with Crippen molar-refractivity contribution < 1.29 is 32.7 Å². The first-order chi connectivity index (χ1) is 29.4. The molecule has 56 heavy (non-hydrogen) atoms. The maximum absolute atomic E-state index is 7.28. The minimum atomic E-state index is -2.18. The summed E-state index contributed by atoms with van der Waals surface area (Å²) in [7, 11) is 0. The molecule has 7 aromatic carbocycles. The molecule has 1 radical (unpaired) electrons. The summed E-state index contributed by atoms with van der Waals surface area (Å²) in [5.74, 6) is 0.804. The molecule has 0 aliphatic heterocycles. The van der Waals surface area contributed by atoms with Crippen LogP contribution in [0.3, 0.4) is 0 Å². The largest absolute Gasteiger partial charge is 0.557 e. The van der Waals surface area contributed by atoms with Crippen LogP contribution in [0.4, 0.5) is 0 Å². The van der Waals surface area contributed by atoms with Crippen LogP contribution in [-0.2, 0) is 20.1 Å². The third-order valence-corrected chi connectivity index (χ3v) is 9.69. The molecular weight excluding hydrogens is 863 g/mol. The zero-order chi connectivity index (χ0) is 42.3. The molecule has 0 atom stereocenters. The second-order valence-electron chi connectivity index (χ2n) is 13.4. The van der Waals surface area contributed by atoms with Crippen molar-refractivity contribution in [1.29, 1.82) is 0 Å². The van der Waals surface area contributed by atoms with Gasteiger partial charge in [0, 0.05) is 57.5 Å². The maximum atomic E-state index is 7.28. The molecule has 273 valence electrons. The molecule has 4 nitrogen and oxygen atoms in total. The van der Waals surface area contributed by atoms with E-state index < -0.39 is 13.7 Å². The molecule has 0 saturated carbocycles. The second-order valence-corrected chi connectivity index (χ2v) is 13.4. The summed E-state index contributed by atoms with van der Waals surface area (Å²) in [5, 5.41) is 3.20. The van der Waals surface area contributed by atoms with Gasteiger partial charge in [0.25, 0.3) is 0 Å². The minimum absolute atomic E-state index is 0. The number of para-hydroxylation sites is 2. The quantitative estimate of drug-likeness (QED) is 0.162. The molecule has 0 aliphatic rings. The fourth-order valence-corrected chi connectivity index (χ4v) is 7.13. The van der Waals surface area contributed by atoms with Crippen LogP contribution in [0.2, 0.25) is 0 Å². The van der Waals surface area contributed by atoms with E-state index in [4.69, 9.17) is 17.6 Å². The van der Waals surface area contributed by atoms with Crippen molar-refractivity contribution in [1.82, 2.24) is 14.5 Å². The van der Waals surface area contributed by atoms with Crippen molar-refractivity contribution in [2.24, 2.45) is 0 Å². The van der Waals surface area contributed by atoms with Gasteiger partial charge in [0.1, 0.15) is 0 Å². The Morgan fingerprint density at radius 2 is 1.32 bits per heavy atom. The van der Waals surface area contributed by atoms with Gasteiger partial charge in [-0.3, -0.25) is 4.98 Å². The first kappa shape index (κ1) is 29.9. The fraction of sp³-hybridized carbons (Fsp3) is 0.0588. The normalized spacial score (nSPS) is 13.0. The smallest absolute Gasteiger partial charge is 0.0774 e. The number of rotatable bonds is 5. The molecule has 5 heteroatoms. The van der Waals surface area contributed by atoms with E-state index in [9.17, 15) is 0 Å². The van der Waals surface area contributed by atoms with Crippen LogP contribution in [0, 0.1) is 33.0 Å². The Labute approximate surface area is 348 Å². The summed E-state index contributed by atoms with van der Waals surface area (Å²) in [5.41, 5.74) is 12.1. The first-order valence-electron chi connectivity index (χ1n) is 21.0. The summed E-state index contributed by atoms with van der Waals surface area (Å²) in [4.78, 5) is 9.30. The molecule has 0 N–H and O–H groups in total. The molecule has 0 fully saturated rings. The van der Waals surface area contributed by atoms with Crippen molar-refractivity contribution >= 4 is 32.8 Å². The fourth-order valence-electron chi connectivity index (χ4n) is 7.13. The van der Waals surface area contributed by atoms with E-state index in [1.165, 1.54) is 30.0 Å². The molecule has 0 unspecified atom stereocenters. The van der Waals surface area contributed by atoms with Crippen molar-refractivity contribution in [3.63, 3.8) is 0 Å². The maximum Gasteiger partial charge on any atom is 0.0774 e. The molecular formula is C51H37IrN3O-2. The topological polar surface area (TPSA) is 43.9 Å². The molecule has 0 spiro atoms. The first-order valence-corrected chi connectivity index (χ1v) is 18.0. The molecule has 0 bridgehead atoms. The number of pyridine rings is 1. The Morgan fingerprint density at radius 3 is 2.00 bits per heavy atom. The van der Waals surface area contributed by atoms with Gasteiger partial charge in [0.05, 0.1) is 22.5 Å². The number of aryl methyl sites for hydroxylation is 3. The predicted octanol–water partition coefficient (Wildman–Crippen LogP) is 13.2. The van der Waals surface area contributed by atoms with Gasteiger partial charge in [-0.1, -0.05) is 133 Å². The average Bonchev–Trinajstić information content (AvgIpc) is 3.89. The summed E-state index contributed by atoms with van der Waals surface area (Å²) < 4.78 is 52.1. The Balaban J connectivity index is 0.000000214. The number of aromatic nitrogens is 3. The van der Waals surface area contributed by atoms with Crippen molar-refractivity contribution in [2.75, 3.05) is 0 Å². The Morgan fingerprint density at radius 1 is 0.643 bits per heavy atom. The monoisotopic (exact) mass is 906 g/mol. The standard InChI is InChI=1S/C38H25N2O.C13H12N.Ir/c1-25-22-31(26-12-4-2-5-13-26)36(32(23-25)27-14-6-3-7-15-27)40-35-19-11-10-18-34(35)39-38(40)33-24-41-37-29-17-9-8-16-28(29)20-21-30(33)37;1-10-3-6-12(7-4-10)13-8-5-11(2)9-14-13;/h2-23H,1H3;3-6,8-9H,1-2H3;/q2*-1;/i;1D3,2D3;. The molecule has 3 heterocycles. The third-order valence-electron chi connectivity index (χ3n) is 9.69. The van der Waals surface area contributed by atoms with Gasteiger partial charge in [-0.25, -0.2) is 0 Å². The van der Waals surface area contributed by atoms with Crippen molar-refractivity contribution in [2.45, 2.75) is 20.6 Å². The molecule has 3 aromatic heterocycles. The number of benzene rings is 7. The zero-order valence-corrected chi connectivity index (χ0v) is 32.6. The summed E-state index contributed by atoms with van der Waals surface area (Å²) >= 11 is 0. The van der Waals surface area contributed by atoms with E-state index in [1.54, 1.807) is 12.1 Å². The van der Waals surface area contributed by atoms with Gasteiger partial charge in [-0.15, -0.1) is 41.5 Å². The third kappa shape index (κ3) is 6.99. The number of hydrogen-bond acceptors (Lipinski definition) is 3. The summed E-state index contributed by atoms with van der Waals surface area (Å²) in [6, 6.07) is 57.1. The van der Waals surface area contributed by atoms with Crippen molar-refractivity contribution in [3.05, 3.63) is 199 Å². The van der Waals surface area contributed by atoms with Crippen molar-refractivity contribution in [3.8, 4) is 50.6 Å². The molecule has 0 aliphatic carbocycles. The Bertz CT molecular complexity index is 3040. The minimum Gasteiger partial charge on any atom is -0.557 e. The van der Waals surface area contributed by atoms with Gasteiger partial charge < -0.3 is 14.0 Å². The summed E-state index contributed by atoms with van der Waals surface area (Å²) in [6.45, 7) is -2.17. The van der Waals surface area contributed by atoms with Gasteiger partial charge in [-0.2, -0.15) is 0 Å². The van der Waals surface area contributed by atoms with Crippen LogP contribution in [-0.4, -0.2) is 14.5 Å². The van der Waals surface area contributed by atoms with Crippen LogP contribution in [0.5, 0.6) is 0 Å². The summed E-state index contributed by atoms with van der Waals surface area (Å²) in [6.07, 6.45) is 4.56. The SMILES string of the molecule is Cc1cc(-c2ccccc2)c(-n2c(-c3[c-]oc4c3ccc3ccccc34)nc3ccccc32)c(-c2ccccc2)c1.[2H]C([2H])([2H])c1c[c-]c(-c2ccc(C([2H])([2H])[2H])cn2)cc1.[Ir]. The second kappa shape index (κ2) is 15.8. The van der Waals surface area contributed by atoms with E-state index in [-0.39, 0.29) is 31.2 Å². The van der Waals surface area contributed by atoms with Crippen LogP contribution in [0.15, 0.2) is 174 Å². The van der Waals surface area contributed by atoms with Crippen LogP contribution in [0.25, 0.3) is 83.4 Å². The number of nitrogens with zero attached hydrogens (tertiary/aromatic N) is 3. The average molecular weight is 906 g/mol. The molecule has 0 saturated heterocycles. The molecule has 0 amide bonds. The zero-order valence-electron chi connectivity index (χ0n) is 36.2. The number of imidazole rings is 1. The van der Waals surface area contributed by atoms with Gasteiger partial charge >= 0.3 is 0 Å². The molecule has 10 rings (SSSR count). The van der Waals surface area contributed by atoms with E-state index >= 15 is 0 Å². The number of hydrogen-bond donors (Lipinski definition) is 0. The van der Waals surface area contributed by atoms with E-state index in [0.717, 1.165) is 72.1 Å². The van der Waals surface area contributed by atoms with Crippen LogP contribution < -0.4 is 0 Å². The predicted molar refractivity (Wildman–Crippen MR) is 226 cm³/mol. The van der Waals surface area contributed by atoms with Crippen LogP contribution >= 0.6 is 0 Å². The van der Waals surface area contributed by atoms with E-state index in [2.05, 4.69) is 150 Å². The number of furan rings is 1. The van der Waals surface area contributed by atoms with Gasteiger partial charge in [-0.05, 0) is 76.8 Å². The van der Waals surface area contributed by atoms with Gasteiger partial charge in [0.15, 0.2) is 0 Å². The van der Waals surface area contributed by atoms with Gasteiger partial charge in [0.2, 0.25) is 0 Å². The Hall–Kier alpha value is -6.39. The molecule has 10 aromatic rings.